The van der Waals surface area contributed by atoms with Crippen molar-refractivity contribution in [2.75, 3.05) is 0 Å². The lowest BCUT2D eigenvalue weighted by atomic mass is 10.1. The Morgan fingerprint density at radius 2 is 1.87 bits per heavy atom. The number of rotatable bonds is 4. The maximum absolute atomic E-state index is 10.3. The highest BCUT2D eigenvalue weighted by atomic mass is 32.1. The number of benzene rings is 2. The van der Waals surface area contributed by atoms with Gasteiger partial charge in [0, 0.05) is 19.2 Å². The average molecular weight is 322 g/mol. The summed E-state index contributed by atoms with van der Waals surface area (Å²) in [6.07, 6.45) is 2.29. The van der Waals surface area contributed by atoms with E-state index in [4.69, 9.17) is 0 Å². The lowest BCUT2D eigenvalue weighted by Crippen LogP contribution is -2.28. The standard InChI is InChI=1S/C19H18N2OS/c22-16-10-14-8-4-5-9-15(14)19(16)21-12-18-20-11-17(23-18)13-6-2-1-3-7-13/h1-9,11,16,19,21-22H,10,12H2/t16-,19+/m0/s1. The maximum Gasteiger partial charge on any atom is 0.107 e. The van der Waals surface area contributed by atoms with Gasteiger partial charge in [-0.3, -0.25) is 0 Å². The summed E-state index contributed by atoms with van der Waals surface area (Å²) in [6.45, 7) is 0.674. The van der Waals surface area contributed by atoms with Crippen LogP contribution >= 0.6 is 11.3 Å². The molecule has 2 N–H and O–H groups in total. The third-order valence-electron chi connectivity index (χ3n) is 4.29. The van der Waals surface area contributed by atoms with Crippen molar-refractivity contribution in [2.24, 2.45) is 0 Å². The van der Waals surface area contributed by atoms with Crippen LogP contribution in [0.5, 0.6) is 0 Å². The Morgan fingerprint density at radius 1 is 1.09 bits per heavy atom. The molecule has 2 aromatic carbocycles. The average Bonchev–Trinajstić information content (AvgIpc) is 3.18. The van der Waals surface area contributed by atoms with Crippen molar-refractivity contribution in [1.82, 2.24) is 10.3 Å². The van der Waals surface area contributed by atoms with Gasteiger partial charge in [0.2, 0.25) is 0 Å². The highest BCUT2D eigenvalue weighted by Crippen LogP contribution is 2.32. The van der Waals surface area contributed by atoms with Crippen LogP contribution in [0.2, 0.25) is 0 Å². The molecule has 0 amide bonds. The third kappa shape index (κ3) is 2.93. The van der Waals surface area contributed by atoms with Gasteiger partial charge >= 0.3 is 0 Å². The molecule has 1 aromatic heterocycles. The van der Waals surface area contributed by atoms with E-state index in [0.717, 1.165) is 11.4 Å². The fourth-order valence-corrected chi connectivity index (χ4v) is 4.02. The molecule has 0 fully saturated rings. The molecule has 2 atom stereocenters. The van der Waals surface area contributed by atoms with Crippen molar-refractivity contribution in [2.45, 2.75) is 25.1 Å². The van der Waals surface area contributed by atoms with E-state index in [0.29, 0.717) is 6.54 Å². The summed E-state index contributed by atoms with van der Waals surface area (Å²) < 4.78 is 0. The van der Waals surface area contributed by atoms with E-state index >= 15 is 0 Å². The van der Waals surface area contributed by atoms with Crippen molar-refractivity contribution in [3.63, 3.8) is 0 Å². The minimum absolute atomic E-state index is 0.00437. The minimum atomic E-state index is -0.360. The van der Waals surface area contributed by atoms with Crippen LogP contribution in [-0.2, 0) is 13.0 Å². The molecule has 1 aliphatic carbocycles. The minimum Gasteiger partial charge on any atom is -0.391 e. The summed E-state index contributed by atoms with van der Waals surface area (Å²) in [5, 5.41) is 14.8. The Morgan fingerprint density at radius 3 is 2.74 bits per heavy atom. The molecule has 1 aliphatic rings. The van der Waals surface area contributed by atoms with E-state index in [2.05, 4.69) is 34.6 Å². The van der Waals surface area contributed by atoms with E-state index in [1.54, 1.807) is 11.3 Å². The van der Waals surface area contributed by atoms with Crippen LogP contribution in [0, 0.1) is 0 Å². The van der Waals surface area contributed by atoms with Crippen LogP contribution in [-0.4, -0.2) is 16.2 Å². The number of aliphatic hydroxyl groups is 1. The lowest BCUT2D eigenvalue weighted by Gasteiger charge is -2.17. The summed E-state index contributed by atoms with van der Waals surface area (Å²) in [5.41, 5.74) is 3.64. The van der Waals surface area contributed by atoms with Gasteiger partial charge in [-0.15, -0.1) is 11.3 Å². The highest BCUT2D eigenvalue weighted by molar-refractivity contribution is 7.15. The normalized spacial score (nSPS) is 19.7. The van der Waals surface area contributed by atoms with Gasteiger partial charge in [0.15, 0.2) is 0 Å². The molecule has 0 spiro atoms. The zero-order valence-electron chi connectivity index (χ0n) is 12.6. The molecule has 116 valence electrons. The van der Waals surface area contributed by atoms with E-state index in [1.165, 1.54) is 21.6 Å². The fourth-order valence-electron chi connectivity index (χ4n) is 3.15. The number of fused-ring (bicyclic) bond motifs is 1. The molecule has 0 radical (unpaired) electrons. The molecule has 3 aromatic rings. The van der Waals surface area contributed by atoms with E-state index < -0.39 is 0 Å². The molecule has 23 heavy (non-hydrogen) atoms. The fraction of sp³-hybridized carbons (Fsp3) is 0.211. The second kappa shape index (κ2) is 6.24. The number of hydrogen-bond acceptors (Lipinski definition) is 4. The first-order chi connectivity index (χ1) is 11.3. The first-order valence-electron chi connectivity index (χ1n) is 7.80. The maximum atomic E-state index is 10.3. The first kappa shape index (κ1) is 14.6. The summed E-state index contributed by atoms with van der Waals surface area (Å²) in [5.74, 6) is 0. The molecule has 0 unspecified atom stereocenters. The van der Waals surface area contributed by atoms with Crippen LogP contribution in [0.3, 0.4) is 0 Å². The molecule has 0 saturated heterocycles. The number of nitrogens with one attached hydrogen (secondary N) is 1. The van der Waals surface area contributed by atoms with Gasteiger partial charge in [0.05, 0.1) is 17.0 Å². The smallest absolute Gasteiger partial charge is 0.107 e. The van der Waals surface area contributed by atoms with Gasteiger partial charge in [-0.2, -0.15) is 0 Å². The van der Waals surface area contributed by atoms with Crippen molar-refractivity contribution in [3.05, 3.63) is 76.9 Å². The van der Waals surface area contributed by atoms with Crippen LogP contribution in [0.25, 0.3) is 10.4 Å². The van der Waals surface area contributed by atoms with Crippen molar-refractivity contribution >= 4 is 11.3 Å². The van der Waals surface area contributed by atoms with E-state index in [1.807, 2.05) is 36.5 Å². The monoisotopic (exact) mass is 322 g/mol. The van der Waals surface area contributed by atoms with Crippen LogP contribution in [0.15, 0.2) is 60.8 Å². The summed E-state index contributed by atoms with van der Waals surface area (Å²) in [6, 6.07) is 18.5. The van der Waals surface area contributed by atoms with Crippen molar-refractivity contribution < 1.29 is 5.11 Å². The quantitative estimate of drug-likeness (QED) is 0.772. The summed E-state index contributed by atoms with van der Waals surface area (Å²) in [4.78, 5) is 5.68. The second-order valence-electron chi connectivity index (χ2n) is 5.81. The zero-order chi connectivity index (χ0) is 15.6. The van der Waals surface area contributed by atoms with Gasteiger partial charge in [-0.1, -0.05) is 54.6 Å². The van der Waals surface area contributed by atoms with Gasteiger partial charge < -0.3 is 10.4 Å². The molecule has 4 rings (SSSR count). The van der Waals surface area contributed by atoms with Gasteiger partial charge in [-0.05, 0) is 16.7 Å². The SMILES string of the molecule is O[C@H]1Cc2ccccc2[C@H]1NCc1ncc(-c2ccccc2)s1. The Kier molecular flexibility index (Phi) is 3.95. The van der Waals surface area contributed by atoms with Gasteiger partial charge in [-0.25, -0.2) is 4.98 Å². The van der Waals surface area contributed by atoms with E-state index in [-0.39, 0.29) is 12.1 Å². The molecule has 0 aliphatic heterocycles. The number of aliphatic hydroxyl groups excluding tert-OH is 1. The Bertz CT molecular complexity index is 800. The predicted molar refractivity (Wildman–Crippen MR) is 93.3 cm³/mol. The molecular formula is C19H18N2OS. The predicted octanol–water partition coefficient (Wildman–Crippen LogP) is 3.56. The summed E-state index contributed by atoms with van der Waals surface area (Å²) in [7, 11) is 0. The number of thiazole rings is 1. The topological polar surface area (TPSA) is 45.1 Å². The molecule has 0 bridgehead atoms. The number of aromatic nitrogens is 1. The van der Waals surface area contributed by atoms with Gasteiger partial charge in [0.1, 0.15) is 5.01 Å². The Hall–Kier alpha value is -2.01. The molecule has 1 heterocycles. The van der Waals surface area contributed by atoms with Crippen LogP contribution in [0.4, 0.5) is 0 Å². The highest BCUT2D eigenvalue weighted by Gasteiger charge is 2.30. The molecule has 0 saturated carbocycles. The molecule has 3 nitrogen and oxygen atoms in total. The second-order valence-corrected chi connectivity index (χ2v) is 6.93. The van der Waals surface area contributed by atoms with Crippen molar-refractivity contribution in [3.8, 4) is 10.4 Å². The third-order valence-corrected chi connectivity index (χ3v) is 5.34. The Labute approximate surface area is 139 Å². The van der Waals surface area contributed by atoms with E-state index in [9.17, 15) is 5.11 Å². The summed E-state index contributed by atoms with van der Waals surface area (Å²) >= 11 is 1.70. The van der Waals surface area contributed by atoms with Gasteiger partial charge in [0.25, 0.3) is 0 Å². The largest absolute Gasteiger partial charge is 0.391 e. The van der Waals surface area contributed by atoms with Crippen molar-refractivity contribution in [1.29, 1.82) is 0 Å². The van der Waals surface area contributed by atoms with Crippen LogP contribution < -0.4 is 5.32 Å². The van der Waals surface area contributed by atoms with Crippen LogP contribution in [0.1, 0.15) is 22.2 Å². The molecular weight excluding hydrogens is 304 g/mol. The molecule has 4 heteroatoms. The number of hydrogen-bond donors (Lipinski definition) is 2. The lowest BCUT2D eigenvalue weighted by molar-refractivity contribution is 0.140. The first-order valence-corrected chi connectivity index (χ1v) is 8.62. The Balaban J connectivity index is 1.47. The zero-order valence-corrected chi connectivity index (χ0v) is 13.5. The number of nitrogens with zero attached hydrogens (tertiary/aromatic N) is 1.